The van der Waals surface area contributed by atoms with Crippen LogP contribution in [0.5, 0.6) is 5.75 Å². The first kappa shape index (κ1) is 17.0. The quantitative estimate of drug-likeness (QED) is 0.820. The molecule has 0 saturated heterocycles. The lowest BCUT2D eigenvalue weighted by molar-refractivity contribution is 0.0729. The van der Waals surface area contributed by atoms with Crippen LogP contribution in [0.3, 0.4) is 0 Å². The summed E-state index contributed by atoms with van der Waals surface area (Å²) >= 11 is 0. The molecule has 0 spiro atoms. The van der Waals surface area contributed by atoms with Crippen molar-refractivity contribution in [1.82, 2.24) is 15.1 Å². The second-order valence-corrected chi connectivity index (χ2v) is 5.80. The molecule has 0 atom stereocenters. The van der Waals surface area contributed by atoms with Gasteiger partial charge < -0.3 is 15.0 Å². The fourth-order valence-electron chi connectivity index (χ4n) is 2.86. The van der Waals surface area contributed by atoms with Gasteiger partial charge in [0.15, 0.2) is 0 Å². The molecule has 1 aromatic heterocycles. The Bertz CT molecular complexity index is 776. The Balaban J connectivity index is 1.80. The Morgan fingerprint density at radius 3 is 3.04 bits per heavy atom. The second kappa shape index (κ2) is 7.79. The highest BCUT2D eigenvalue weighted by molar-refractivity contribution is 5.97. The van der Waals surface area contributed by atoms with Crippen LogP contribution in [0.1, 0.15) is 28.5 Å². The molecular weight excluding hydrogens is 316 g/mol. The summed E-state index contributed by atoms with van der Waals surface area (Å²) in [4.78, 5) is 14.8. The first-order chi connectivity index (χ1) is 12.2. The molecule has 1 aromatic carbocycles. The number of hydrogen-bond donors (Lipinski definition) is 1. The van der Waals surface area contributed by atoms with E-state index in [2.05, 4.69) is 22.1 Å². The maximum Gasteiger partial charge on any atom is 0.257 e. The highest BCUT2D eigenvalue weighted by atomic mass is 16.5. The van der Waals surface area contributed by atoms with Gasteiger partial charge in [0, 0.05) is 26.1 Å². The van der Waals surface area contributed by atoms with E-state index in [0.717, 1.165) is 23.6 Å². The van der Waals surface area contributed by atoms with Crippen LogP contribution in [0.2, 0.25) is 0 Å². The predicted molar refractivity (Wildman–Crippen MR) is 96.8 cm³/mol. The lowest BCUT2D eigenvalue weighted by atomic mass is 10.0. The van der Waals surface area contributed by atoms with Gasteiger partial charge in [0.25, 0.3) is 5.91 Å². The van der Waals surface area contributed by atoms with E-state index in [9.17, 15) is 4.79 Å². The number of rotatable bonds is 6. The predicted octanol–water partition coefficient (Wildman–Crippen LogP) is 2.67. The summed E-state index contributed by atoms with van der Waals surface area (Å²) in [6.07, 6.45) is 2.37. The van der Waals surface area contributed by atoms with E-state index in [4.69, 9.17) is 4.74 Å². The van der Waals surface area contributed by atoms with Crippen molar-refractivity contribution in [3.8, 4) is 5.75 Å². The van der Waals surface area contributed by atoms with Crippen LogP contribution >= 0.6 is 0 Å². The van der Waals surface area contributed by atoms with Crippen LogP contribution in [0, 0.1) is 0 Å². The van der Waals surface area contributed by atoms with Gasteiger partial charge in [-0.3, -0.25) is 4.79 Å². The lowest BCUT2D eigenvalue weighted by Gasteiger charge is -2.28. The number of hydrogen-bond acceptors (Lipinski definition) is 5. The number of benzene rings is 1. The molecule has 6 heteroatoms. The molecule has 6 nitrogen and oxygen atoms in total. The topological polar surface area (TPSA) is 67.3 Å². The van der Waals surface area contributed by atoms with Gasteiger partial charge in [-0.2, -0.15) is 5.10 Å². The summed E-state index contributed by atoms with van der Waals surface area (Å²) < 4.78 is 5.62. The van der Waals surface area contributed by atoms with Crippen LogP contribution < -0.4 is 10.1 Å². The third kappa shape index (κ3) is 3.79. The number of carbonyl (C=O) groups excluding carboxylic acids is 1. The van der Waals surface area contributed by atoms with E-state index in [1.165, 1.54) is 0 Å². The number of amides is 1. The van der Waals surface area contributed by atoms with Gasteiger partial charge in [0.2, 0.25) is 0 Å². The number of nitrogens with zero attached hydrogens (tertiary/aromatic N) is 3. The standard InChI is InChI=1S/C19H22N4O2/c1-3-11-25-17-8-6-5-7-15(17)19(24)23-10-9-16-14(13-23)12-18(20-4-2)22-21-16/h3,5-8,12H,1,4,9-11,13H2,2H3,(H,20,22). The SMILES string of the molecule is C=CCOc1ccccc1C(=O)N1CCc2nnc(NCC)cc2C1. The average molecular weight is 338 g/mol. The fraction of sp³-hybridized carbons (Fsp3) is 0.316. The second-order valence-electron chi connectivity index (χ2n) is 5.80. The third-order valence-corrected chi connectivity index (χ3v) is 4.06. The Morgan fingerprint density at radius 2 is 2.24 bits per heavy atom. The maximum atomic E-state index is 13.0. The van der Waals surface area contributed by atoms with Crippen LogP contribution in [0.4, 0.5) is 5.82 Å². The molecule has 1 aliphatic heterocycles. The average Bonchev–Trinajstić information content (AvgIpc) is 2.65. The molecule has 1 amide bonds. The van der Waals surface area contributed by atoms with Crippen LogP contribution in [-0.2, 0) is 13.0 Å². The minimum atomic E-state index is -0.0351. The third-order valence-electron chi connectivity index (χ3n) is 4.06. The molecule has 0 unspecified atom stereocenters. The Morgan fingerprint density at radius 1 is 1.40 bits per heavy atom. The van der Waals surface area contributed by atoms with Crippen molar-refractivity contribution in [2.24, 2.45) is 0 Å². The van der Waals surface area contributed by atoms with Crippen LogP contribution in [0.25, 0.3) is 0 Å². The van der Waals surface area contributed by atoms with Gasteiger partial charge in [-0.15, -0.1) is 5.10 Å². The molecule has 0 radical (unpaired) electrons. The van der Waals surface area contributed by atoms with Gasteiger partial charge in [-0.25, -0.2) is 0 Å². The molecule has 0 fully saturated rings. The van der Waals surface area contributed by atoms with E-state index in [1.807, 2.05) is 36.1 Å². The zero-order chi connectivity index (χ0) is 17.6. The summed E-state index contributed by atoms with van der Waals surface area (Å²) in [5, 5.41) is 11.6. The zero-order valence-corrected chi connectivity index (χ0v) is 14.4. The Kier molecular flexibility index (Phi) is 5.28. The molecule has 0 aliphatic carbocycles. The van der Waals surface area contributed by atoms with E-state index in [-0.39, 0.29) is 5.91 Å². The number of nitrogens with one attached hydrogen (secondary N) is 1. The lowest BCUT2D eigenvalue weighted by Crippen LogP contribution is -2.36. The van der Waals surface area contributed by atoms with Crippen molar-refractivity contribution in [2.75, 3.05) is 25.0 Å². The van der Waals surface area contributed by atoms with Gasteiger partial charge in [0.1, 0.15) is 18.2 Å². The smallest absolute Gasteiger partial charge is 0.257 e. The normalized spacial score (nSPS) is 13.1. The largest absolute Gasteiger partial charge is 0.489 e. The first-order valence-corrected chi connectivity index (χ1v) is 8.44. The van der Waals surface area contributed by atoms with E-state index in [0.29, 0.717) is 37.4 Å². The van der Waals surface area contributed by atoms with Crippen molar-refractivity contribution in [3.05, 3.63) is 59.8 Å². The minimum Gasteiger partial charge on any atom is -0.489 e. The van der Waals surface area contributed by atoms with E-state index in [1.54, 1.807) is 12.1 Å². The van der Waals surface area contributed by atoms with Crippen molar-refractivity contribution in [1.29, 1.82) is 0 Å². The number of fused-ring (bicyclic) bond motifs is 1. The molecule has 0 bridgehead atoms. The summed E-state index contributed by atoms with van der Waals surface area (Å²) in [7, 11) is 0. The van der Waals surface area contributed by atoms with E-state index >= 15 is 0 Å². The van der Waals surface area contributed by atoms with Gasteiger partial charge >= 0.3 is 0 Å². The molecule has 25 heavy (non-hydrogen) atoms. The monoisotopic (exact) mass is 338 g/mol. The highest BCUT2D eigenvalue weighted by Crippen LogP contribution is 2.24. The first-order valence-electron chi connectivity index (χ1n) is 8.44. The molecule has 2 aromatic rings. The number of anilines is 1. The molecule has 1 N–H and O–H groups in total. The van der Waals surface area contributed by atoms with Crippen molar-refractivity contribution >= 4 is 11.7 Å². The Labute approximate surface area is 147 Å². The summed E-state index contributed by atoms with van der Waals surface area (Å²) in [6, 6.07) is 9.29. The van der Waals surface area contributed by atoms with E-state index < -0.39 is 0 Å². The maximum absolute atomic E-state index is 13.0. The number of ether oxygens (including phenoxy) is 1. The number of carbonyl (C=O) groups is 1. The summed E-state index contributed by atoms with van der Waals surface area (Å²) in [5.41, 5.74) is 2.57. The number of para-hydroxylation sites is 1. The molecule has 1 aliphatic rings. The van der Waals surface area contributed by atoms with Crippen molar-refractivity contribution < 1.29 is 9.53 Å². The molecule has 130 valence electrons. The summed E-state index contributed by atoms with van der Waals surface area (Å²) in [6.45, 7) is 7.96. The molecule has 2 heterocycles. The van der Waals surface area contributed by atoms with Gasteiger partial charge in [-0.1, -0.05) is 24.8 Å². The van der Waals surface area contributed by atoms with Crippen molar-refractivity contribution in [3.63, 3.8) is 0 Å². The van der Waals surface area contributed by atoms with Crippen molar-refractivity contribution in [2.45, 2.75) is 19.9 Å². The van der Waals surface area contributed by atoms with Gasteiger partial charge in [0.05, 0.1) is 11.3 Å². The molecule has 3 rings (SSSR count). The van der Waals surface area contributed by atoms with Crippen LogP contribution in [0.15, 0.2) is 43.0 Å². The van der Waals surface area contributed by atoms with Gasteiger partial charge in [-0.05, 0) is 30.7 Å². The van der Waals surface area contributed by atoms with Crippen LogP contribution in [-0.4, -0.2) is 40.7 Å². The number of aromatic nitrogens is 2. The Hall–Kier alpha value is -2.89. The summed E-state index contributed by atoms with van der Waals surface area (Å²) in [5.74, 6) is 1.29. The minimum absolute atomic E-state index is 0.0351. The zero-order valence-electron chi connectivity index (χ0n) is 14.4. The highest BCUT2D eigenvalue weighted by Gasteiger charge is 2.25. The molecule has 0 saturated carbocycles. The molecular formula is C19H22N4O2. The fourth-order valence-corrected chi connectivity index (χ4v) is 2.86.